The lowest BCUT2D eigenvalue weighted by Gasteiger charge is -2.35. The third kappa shape index (κ3) is 4.19. The van der Waals surface area contributed by atoms with Crippen molar-refractivity contribution in [2.45, 2.75) is 50.7 Å². The van der Waals surface area contributed by atoms with Crippen molar-refractivity contribution in [2.24, 2.45) is 0 Å². The standard InChI is InChI=1S/C17H27NS2/c1-5-6-18-16(17-14(4)19-7-8-20-17)15-10-12(2)9-13(3)11-15/h9-11,14,16-18H,5-8H2,1-4H3. The van der Waals surface area contributed by atoms with Crippen LogP contribution in [0.4, 0.5) is 0 Å². The van der Waals surface area contributed by atoms with E-state index in [1.165, 1.54) is 34.6 Å². The van der Waals surface area contributed by atoms with Crippen molar-refractivity contribution >= 4 is 23.5 Å². The maximum atomic E-state index is 3.81. The second-order valence-corrected chi connectivity index (χ2v) is 8.54. The second kappa shape index (κ2) is 7.77. The smallest absolute Gasteiger partial charge is 0.0451 e. The summed E-state index contributed by atoms with van der Waals surface area (Å²) in [5.41, 5.74) is 4.23. The van der Waals surface area contributed by atoms with Gasteiger partial charge in [0.25, 0.3) is 0 Å². The molecule has 0 bridgehead atoms. The summed E-state index contributed by atoms with van der Waals surface area (Å²) in [5.74, 6) is 2.59. The van der Waals surface area contributed by atoms with E-state index in [1.807, 2.05) is 0 Å². The minimum Gasteiger partial charge on any atom is -0.309 e. The Morgan fingerprint density at radius 3 is 2.40 bits per heavy atom. The van der Waals surface area contributed by atoms with Gasteiger partial charge in [0.15, 0.2) is 0 Å². The first-order valence-corrected chi connectivity index (χ1v) is 9.76. The number of thioether (sulfide) groups is 2. The molecule has 1 fully saturated rings. The minimum absolute atomic E-state index is 0.487. The molecule has 1 aliphatic rings. The van der Waals surface area contributed by atoms with E-state index in [1.54, 1.807) is 0 Å². The first kappa shape index (κ1) is 16.3. The highest BCUT2D eigenvalue weighted by Crippen LogP contribution is 2.39. The van der Waals surface area contributed by atoms with Crippen LogP contribution in [0.3, 0.4) is 0 Å². The summed E-state index contributed by atoms with van der Waals surface area (Å²) >= 11 is 4.28. The Labute approximate surface area is 132 Å². The van der Waals surface area contributed by atoms with Crippen molar-refractivity contribution in [2.75, 3.05) is 18.1 Å². The Hall–Kier alpha value is -0.120. The average molecular weight is 310 g/mol. The molecule has 0 aromatic heterocycles. The molecule has 1 N–H and O–H groups in total. The molecule has 1 heterocycles. The lowest BCUT2D eigenvalue weighted by atomic mass is 9.97. The van der Waals surface area contributed by atoms with Crippen LogP contribution in [-0.4, -0.2) is 28.6 Å². The summed E-state index contributed by atoms with van der Waals surface area (Å²) in [4.78, 5) is 0. The molecule has 1 nitrogen and oxygen atoms in total. The van der Waals surface area contributed by atoms with E-state index in [9.17, 15) is 0 Å². The Morgan fingerprint density at radius 2 is 1.80 bits per heavy atom. The van der Waals surface area contributed by atoms with Gasteiger partial charge in [-0.05, 0) is 32.4 Å². The molecular formula is C17H27NS2. The van der Waals surface area contributed by atoms with E-state index in [0.717, 1.165) is 11.8 Å². The SMILES string of the molecule is CCCNC(c1cc(C)cc(C)c1)C1SCCSC1C. The van der Waals surface area contributed by atoms with Gasteiger partial charge in [0.1, 0.15) is 0 Å². The van der Waals surface area contributed by atoms with Crippen LogP contribution >= 0.6 is 23.5 Å². The Kier molecular flexibility index (Phi) is 6.31. The summed E-state index contributed by atoms with van der Waals surface area (Å²) in [5, 5.41) is 5.21. The molecule has 112 valence electrons. The molecule has 3 unspecified atom stereocenters. The summed E-state index contributed by atoms with van der Waals surface area (Å²) in [6, 6.07) is 7.49. The van der Waals surface area contributed by atoms with Crippen molar-refractivity contribution in [1.82, 2.24) is 5.32 Å². The van der Waals surface area contributed by atoms with Crippen molar-refractivity contribution in [3.05, 3.63) is 34.9 Å². The average Bonchev–Trinajstić information content (AvgIpc) is 2.40. The van der Waals surface area contributed by atoms with Crippen LogP contribution in [0.2, 0.25) is 0 Å². The van der Waals surface area contributed by atoms with Gasteiger partial charge in [0, 0.05) is 28.0 Å². The third-order valence-corrected chi connectivity index (χ3v) is 6.98. The molecule has 20 heavy (non-hydrogen) atoms. The van der Waals surface area contributed by atoms with Crippen LogP contribution in [0.1, 0.15) is 43.0 Å². The predicted molar refractivity (Wildman–Crippen MR) is 95.1 cm³/mol. The van der Waals surface area contributed by atoms with E-state index in [0.29, 0.717) is 11.3 Å². The lowest BCUT2D eigenvalue weighted by Crippen LogP contribution is -2.38. The topological polar surface area (TPSA) is 12.0 Å². The van der Waals surface area contributed by atoms with E-state index in [4.69, 9.17) is 0 Å². The highest BCUT2D eigenvalue weighted by molar-refractivity contribution is 8.07. The Morgan fingerprint density at radius 1 is 1.15 bits per heavy atom. The van der Waals surface area contributed by atoms with E-state index in [2.05, 4.69) is 74.7 Å². The van der Waals surface area contributed by atoms with Crippen molar-refractivity contribution in [3.8, 4) is 0 Å². The highest BCUT2D eigenvalue weighted by Gasteiger charge is 2.31. The molecule has 0 amide bonds. The van der Waals surface area contributed by atoms with Gasteiger partial charge >= 0.3 is 0 Å². The van der Waals surface area contributed by atoms with Gasteiger partial charge in [-0.3, -0.25) is 0 Å². The fourth-order valence-electron chi connectivity index (χ4n) is 2.93. The van der Waals surface area contributed by atoms with Crippen molar-refractivity contribution in [3.63, 3.8) is 0 Å². The number of hydrogen-bond acceptors (Lipinski definition) is 3. The van der Waals surface area contributed by atoms with Crippen LogP contribution < -0.4 is 5.32 Å². The van der Waals surface area contributed by atoms with Crippen molar-refractivity contribution < 1.29 is 0 Å². The zero-order valence-electron chi connectivity index (χ0n) is 13.1. The maximum Gasteiger partial charge on any atom is 0.0451 e. The number of aryl methyl sites for hydroxylation is 2. The van der Waals surface area contributed by atoms with Crippen molar-refractivity contribution in [1.29, 1.82) is 0 Å². The quantitative estimate of drug-likeness (QED) is 0.855. The van der Waals surface area contributed by atoms with Gasteiger partial charge in [0.2, 0.25) is 0 Å². The fraction of sp³-hybridized carbons (Fsp3) is 0.647. The van der Waals surface area contributed by atoms with Crippen LogP contribution in [0.5, 0.6) is 0 Å². The monoisotopic (exact) mass is 309 g/mol. The summed E-state index contributed by atoms with van der Waals surface area (Å²) in [7, 11) is 0. The Bertz CT molecular complexity index is 413. The predicted octanol–water partition coefficient (Wildman–Crippen LogP) is 4.58. The number of rotatable bonds is 5. The van der Waals surface area contributed by atoms with Crippen LogP contribution in [0, 0.1) is 13.8 Å². The van der Waals surface area contributed by atoms with Gasteiger partial charge < -0.3 is 5.32 Å². The van der Waals surface area contributed by atoms with Crippen LogP contribution in [-0.2, 0) is 0 Å². The number of hydrogen-bond donors (Lipinski definition) is 1. The fourth-order valence-corrected chi connectivity index (χ4v) is 5.88. The van der Waals surface area contributed by atoms with Gasteiger partial charge in [-0.15, -0.1) is 0 Å². The zero-order valence-corrected chi connectivity index (χ0v) is 14.7. The molecule has 3 heteroatoms. The molecule has 0 spiro atoms. The molecule has 0 radical (unpaired) electrons. The van der Waals surface area contributed by atoms with Gasteiger partial charge in [-0.25, -0.2) is 0 Å². The molecule has 0 saturated carbocycles. The van der Waals surface area contributed by atoms with Gasteiger partial charge in [-0.2, -0.15) is 23.5 Å². The normalized spacial score (nSPS) is 24.6. The lowest BCUT2D eigenvalue weighted by molar-refractivity contribution is 0.508. The van der Waals surface area contributed by atoms with E-state index >= 15 is 0 Å². The number of benzene rings is 1. The van der Waals surface area contributed by atoms with Gasteiger partial charge in [0.05, 0.1) is 0 Å². The third-order valence-electron chi connectivity index (χ3n) is 3.78. The summed E-state index contributed by atoms with van der Waals surface area (Å²) in [6.07, 6.45) is 1.19. The first-order chi connectivity index (χ1) is 9.61. The van der Waals surface area contributed by atoms with Gasteiger partial charge in [-0.1, -0.05) is 43.2 Å². The minimum atomic E-state index is 0.487. The maximum absolute atomic E-state index is 3.81. The molecular weight excluding hydrogens is 282 g/mol. The zero-order chi connectivity index (χ0) is 14.5. The molecule has 0 aliphatic carbocycles. The number of nitrogens with one attached hydrogen (secondary N) is 1. The molecule has 1 saturated heterocycles. The summed E-state index contributed by atoms with van der Waals surface area (Å²) < 4.78 is 0. The molecule has 1 aromatic rings. The molecule has 3 atom stereocenters. The molecule has 2 rings (SSSR count). The second-order valence-electron chi connectivity index (χ2n) is 5.76. The highest BCUT2D eigenvalue weighted by atomic mass is 32.2. The van der Waals surface area contributed by atoms with Crippen LogP contribution in [0.25, 0.3) is 0 Å². The first-order valence-electron chi connectivity index (χ1n) is 7.66. The molecule has 1 aromatic carbocycles. The molecule has 1 aliphatic heterocycles. The van der Waals surface area contributed by atoms with E-state index in [-0.39, 0.29) is 0 Å². The van der Waals surface area contributed by atoms with E-state index < -0.39 is 0 Å². The van der Waals surface area contributed by atoms with Crippen LogP contribution in [0.15, 0.2) is 18.2 Å². The summed E-state index contributed by atoms with van der Waals surface area (Å²) in [6.45, 7) is 10.2. The Balaban J connectivity index is 2.25. The largest absolute Gasteiger partial charge is 0.309 e.